The van der Waals surface area contributed by atoms with Gasteiger partial charge in [0.25, 0.3) is 5.91 Å². The predicted molar refractivity (Wildman–Crippen MR) is 95.3 cm³/mol. The summed E-state index contributed by atoms with van der Waals surface area (Å²) in [6.07, 6.45) is 1.02. The SMILES string of the molecule is CCCn1c(=O)n(CCC(=O)OCC(=O)NCCC#N)c2ccccc21. The van der Waals surface area contributed by atoms with E-state index < -0.39 is 18.5 Å². The Morgan fingerprint density at radius 3 is 2.46 bits per heavy atom. The molecule has 1 heterocycles. The zero-order valence-corrected chi connectivity index (χ0v) is 14.7. The Bertz CT molecular complexity index is 875. The number of nitrogens with one attached hydrogen (secondary N) is 1. The molecule has 1 aromatic carbocycles. The number of fused-ring (bicyclic) bond motifs is 1. The van der Waals surface area contributed by atoms with Crippen LogP contribution in [0.2, 0.25) is 0 Å². The third-order valence-electron chi connectivity index (χ3n) is 3.84. The van der Waals surface area contributed by atoms with Gasteiger partial charge in [-0.3, -0.25) is 18.7 Å². The molecule has 26 heavy (non-hydrogen) atoms. The number of rotatable bonds is 9. The Morgan fingerprint density at radius 1 is 1.19 bits per heavy atom. The highest BCUT2D eigenvalue weighted by Gasteiger charge is 2.14. The van der Waals surface area contributed by atoms with Crippen molar-refractivity contribution in [2.24, 2.45) is 0 Å². The minimum absolute atomic E-state index is 0.00842. The maximum absolute atomic E-state index is 12.6. The van der Waals surface area contributed by atoms with Crippen molar-refractivity contribution in [2.45, 2.75) is 39.3 Å². The second-order valence-corrected chi connectivity index (χ2v) is 5.74. The molecule has 0 unspecified atom stereocenters. The average molecular weight is 358 g/mol. The summed E-state index contributed by atoms with van der Waals surface area (Å²) in [5.74, 6) is -1.01. The molecule has 1 N–H and O–H groups in total. The largest absolute Gasteiger partial charge is 0.456 e. The third-order valence-corrected chi connectivity index (χ3v) is 3.84. The summed E-state index contributed by atoms with van der Waals surface area (Å²) in [6, 6.07) is 9.34. The molecule has 0 saturated heterocycles. The molecule has 0 atom stereocenters. The lowest BCUT2D eigenvalue weighted by Crippen LogP contribution is -2.30. The molecule has 2 aromatic rings. The first-order chi connectivity index (χ1) is 12.6. The molecule has 0 saturated carbocycles. The summed E-state index contributed by atoms with van der Waals surface area (Å²) in [7, 11) is 0. The second-order valence-electron chi connectivity index (χ2n) is 5.74. The van der Waals surface area contributed by atoms with Crippen molar-refractivity contribution >= 4 is 22.9 Å². The van der Waals surface area contributed by atoms with Crippen LogP contribution in [0.3, 0.4) is 0 Å². The van der Waals surface area contributed by atoms with E-state index in [1.807, 2.05) is 37.3 Å². The Balaban J connectivity index is 1.96. The molecule has 138 valence electrons. The topological polar surface area (TPSA) is 106 Å². The number of aromatic nitrogens is 2. The van der Waals surface area contributed by atoms with Gasteiger partial charge in [0.2, 0.25) is 0 Å². The van der Waals surface area contributed by atoms with Crippen LogP contribution in [-0.2, 0) is 27.4 Å². The summed E-state index contributed by atoms with van der Waals surface area (Å²) in [5.41, 5.74) is 1.45. The standard InChI is InChI=1S/C18H22N4O4/c1-2-11-21-14-6-3-4-7-15(14)22(18(21)25)12-8-17(24)26-13-16(23)20-10-5-9-19/h3-4,6-7H,2,5,8,10-13H2,1H3,(H,20,23). The zero-order chi connectivity index (χ0) is 18.9. The van der Waals surface area contributed by atoms with E-state index in [4.69, 9.17) is 10.00 Å². The van der Waals surface area contributed by atoms with Crippen LogP contribution in [0.15, 0.2) is 29.1 Å². The number of imidazole rings is 1. The van der Waals surface area contributed by atoms with Gasteiger partial charge in [-0.15, -0.1) is 0 Å². The van der Waals surface area contributed by atoms with Gasteiger partial charge in [-0.1, -0.05) is 19.1 Å². The number of benzene rings is 1. The highest BCUT2D eigenvalue weighted by Crippen LogP contribution is 2.13. The van der Waals surface area contributed by atoms with Gasteiger partial charge in [0.15, 0.2) is 6.61 Å². The normalized spacial score (nSPS) is 10.5. The number of hydrogen-bond donors (Lipinski definition) is 1. The van der Waals surface area contributed by atoms with Gasteiger partial charge in [-0.2, -0.15) is 5.26 Å². The van der Waals surface area contributed by atoms with Crippen molar-refractivity contribution in [3.63, 3.8) is 0 Å². The van der Waals surface area contributed by atoms with E-state index in [0.717, 1.165) is 17.5 Å². The maximum Gasteiger partial charge on any atom is 0.329 e. The lowest BCUT2D eigenvalue weighted by molar-refractivity contribution is -0.148. The Hall–Kier alpha value is -3.08. The van der Waals surface area contributed by atoms with Crippen LogP contribution in [0.4, 0.5) is 0 Å². The molecule has 8 nitrogen and oxygen atoms in total. The molecule has 2 rings (SSSR count). The second kappa shape index (κ2) is 9.42. The molecule has 0 radical (unpaired) electrons. The number of esters is 1. The van der Waals surface area contributed by atoms with E-state index in [-0.39, 0.29) is 31.6 Å². The first-order valence-electron chi connectivity index (χ1n) is 8.55. The lowest BCUT2D eigenvalue weighted by Gasteiger charge is -2.06. The minimum atomic E-state index is -0.556. The molecule has 0 spiro atoms. The summed E-state index contributed by atoms with van der Waals surface area (Å²) in [5, 5.41) is 10.9. The van der Waals surface area contributed by atoms with Gasteiger partial charge in [0.05, 0.1) is 29.9 Å². The molecule has 0 fully saturated rings. The Kier molecular flexibility index (Phi) is 6.97. The zero-order valence-electron chi connectivity index (χ0n) is 14.7. The van der Waals surface area contributed by atoms with Gasteiger partial charge in [0, 0.05) is 19.6 Å². The van der Waals surface area contributed by atoms with Gasteiger partial charge in [0.1, 0.15) is 0 Å². The number of nitrogens with zero attached hydrogens (tertiary/aromatic N) is 3. The number of ether oxygens (including phenoxy) is 1. The summed E-state index contributed by atoms with van der Waals surface area (Å²) < 4.78 is 8.16. The number of carbonyl (C=O) groups excluding carboxylic acids is 2. The van der Waals surface area contributed by atoms with Crippen molar-refractivity contribution in [1.29, 1.82) is 5.26 Å². The summed E-state index contributed by atoms with van der Waals surface area (Å²) >= 11 is 0. The van der Waals surface area contributed by atoms with E-state index in [0.29, 0.717) is 6.54 Å². The van der Waals surface area contributed by atoms with E-state index >= 15 is 0 Å². The van der Waals surface area contributed by atoms with Crippen molar-refractivity contribution in [2.75, 3.05) is 13.2 Å². The van der Waals surface area contributed by atoms with E-state index in [9.17, 15) is 14.4 Å². The fraction of sp³-hybridized carbons (Fsp3) is 0.444. The van der Waals surface area contributed by atoms with Gasteiger partial charge >= 0.3 is 11.7 Å². The van der Waals surface area contributed by atoms with E-state index in [1.165, 1.54) is 0 Å². The van der Waals surface area contributed by atoms with Crippen LogP contribution in [0.5, 0.6) is 0 Å². The van der Waals surface area contributed by atoms with E-state index in [2.05, 4.69) is 5.32 Å². The van der Waals surface area contributed by atoms with Crippen LogP contribution >= 0.6 is 0 Å². The third kappa shape index (κ3) is 4.72. The smallest absolute Gasteiger partial charge is 0.329 e. The van der Waals surface area contributed by atoms with Crippen LogP contribution in [0, 0.1) is 11.3 Å². The number of amides is 1. The molecule has 0 aliphatic rings. The van der Waals surface area contributed by atoms with Gasteiger partial charge < -0.3 is 10.1 Å². The molecular formula is C18H22N4O4. The number of para-hydroxylation sites is 2. The molecule has 0 bridgehead atoms. The summed E-state index contributed by atoms with van der Waals surface area (Å²) in [4.78, 5) is 35.9. The number of nitriles is 1. The molecule has 1 amide bonds. The Labute approximate surface area is 151 Å². The highest BCUT2D eigenvalue weighted by atomic mass is 16.5. The van der Waals surface area contributed by atoms with Crippen LogP contribution in [-0.4, -0.2) is 34.2 Å². The van der Waals surface area contributed by atoms with E-state index in [1.54, 1.807) is 9.13 Å². The number of aryl methyl sites for hydroxylation is 2. The first kappa shape index (κ1) is 19.2. The highest BCUT2D eigenvalue weighted by molar-refractivity contribution is 5.80. The van der Waals surface area contributed by atoms with Crippen molar-refractivity contribution in [3.05, 3.63) is 34.7 Å². The van der Waals surface area contributed by atoms with Crippen molar-refractivity contribution in [3.8, 4) is 6.07 Å². The van der Waals surface area contributed by atoms with Crippen LogP contribution < -0.4 is 11.0 Å². The average Bonchev–Trinajstić information content (AvgIpc) is 2.90. The molecule has 1 aromatic heterocycles. The summed E-state index contributed by atoms with van der Waals surface area (Å²) in [6.45, 7) is 2.62. The minimum Gasteiger partial charge on any atom is -0.456 e. The van der Waals surface area contributed by atoms with Crippen LogP contribution in [0.1, 0.15) is 26.2 Å². The number of hydrogen-bond acceptors (Lipinski definition) is 5. The van der Waals surface area contributed by atoms with Crippen molar-refractivity contribution < 1.29 is 14.3 Å². The molecular weight excluding hydrogens is 336 g/mol. The monoisotopic (exact) mass is 358 g/mol. The van der Waals surface area contributed by atoms with Gasteiger partial charge in [-0.05, 0) is 18.6 Å². The van der Waals surface area contributed by atoms with Gasteiger partial charge in [-0.25, -0.2) is 4.79 Å². The van der Waals surface area contributed by atoms with Crippen molar-refractivity contribution in [1.82, 2.24) is 14.5 Å². The number of carbonyl (C=O) groups is 2. The molecule has 0 aliphatic heterocycles. The first-order valence-corrected chi connectivity index (χ1v) is 8.55. The predicted octanol–water partition coefficient (Wildman–Crippen LogP) is 1.18. The fourth-order valence-electron chi connectivity index (χ4n) is 2.66. The molecule has 8 heteroatoms. The fourth-order valence-corrected chi connectivity index (χ4v) is 2.66. The maximum atomic E-state index is 12.6. The quantitative estimate of drug-likeness (QED) is 0.535. The lowest BCUT2D eigenvalue weighted by atomic mass is 10.3. The van der Waals surface area contributed by atoms with Crippen LogP contribution in [0.25, 0.3) is 11.0 Å². The molecule has 0 aliphatic carbocycles. The Morgan fingerprint density at radius 2 is 1.85 bits per heavy atom.